The van der Waals surface area contributed by atoms with E-state index >= 15 is 0 Å². The highest BCUT2D eigenvalue weighted by atomic mass is 19.1. The number of pyridine rings is 1. The third-order valence-corrected chi connectivity index (χ3v) is 4.00. The van der Waals surface area contributed by atoms with Crippen LogP contribution in [0.3, 0.4) is 0 Å². The Morgan fingerprint density at radius 1 is 1.39 bits per heavy atom. The first-order valence-corrected chi connectivity index (χ1v) is 7.78. The van der Waals surface area contributed by atoms with Crippen molar-refractivity contribution in [3.8, 4) is 0 Å². The van der Waals surface area contributed by atoms with Gasteiger partial charge in [-0.3, -0.25) is 9.67 Å². The molecule has 124 valence electrons. The Kier molecular flexibility index (Phi) is 4.58. The number of halogens is 1. The Labute approximate surface area is 135 Å². The lowest BCUT2D eigenvalue weighted by atomic mass is 10.2. The Morgan fingerprint density at radius 3 is 2.96 bits per heavy atom. The number of anilines is 1. The Morgan fingerprint density at radius 2 is 2.22 bits per heavy atom. The zero-order valence-electron chi connectivity index (χ0n) is 13.5. The van der Waals surface area contributed by atoms with Gasteiger partial charge in [-0.2, -0.15) is 5.10 Å². The number of likely N-dealkylation sites (N-methyl/N-ethyl adjacent to an activating group) is 1. The number of rotatable bonds is 4. The largest absolute Gasteiger partial charge is 0.385 e. The van der Waals surface area contributed by atoms with Gasteiger partial charge in [0.2, 0.25) is 0 Å². The van der Waals surface area contributed by atoms with Crippen molar-refractivity contribution in [1.82, 2.24) is 19.7 Å². The minimum atomic E-state index is -0.615. The number of aromatic nitrogens is 3. The lowest BCUT2D eigenvalue weighted by Crippen LogP contribution is -2.23. The Balaban J connectivity index is 1.83. The molecule has 1 aliphatic heterocycles. The fraction of sp³-hybridized carbons (Fsp3) is 0.500. The lowest BCUT2D eigenvalue weighted by Gasteiger charge is -2.22. The summed E-state index contributed by atoms with van der Waals surface area (Å²) in [7, 11) is 3.83. The highest BCUT2D eigenvalue weighted by molar-refractivity contribution is 5.46. The zero-order chi connectivity index (χ0) is 16.4. The first-order valence-electron chi connectivity index (χ1n) is 7.78. The summed E-state index contributed by atoms with van der Waals surface area (Å²) in [6, 6.07) is 3.62. The van der Waals surface area contributed by atoms with Crippen LogP contribution >= 0.6 is 0 Å². The van der Waals surface area contributed by atoms with E-state index in [1.165, 1.54) is 6.20 Å². The molecule has 0 radical (unpaired) electrons. The quantitative estimate of drug-likeness (QED) is 0.924. The molecule has 1 atom stereocenters. The van der Waals surface area contributed by atoms with Gasteiger partial charge < -0.3 is 14.9 Å². The highest BCUT2D eigenvalue weighted by Crippen LogP contribution is 2.24. The summed E-state index contributed by atoms with van der Waals surface area (Å²) in [6.07, 6.45) is 3.10. The normalized spacial score (nSPS) is 16.3. The van der Waals surface area contributed by atoms with Crippen molar-refractivity contribution in [3.63, 3.8) is 0 Å². The molecule has 1 aliphatic rings. The molecule has 7 heteroatoms. The molecule has 0 fully saturated rings. The molecular weight excluding hydrogens is 297 g/mol. The van der Waals surface area contributed by atoms with Gasteiger partial charge in [0, 0.05) is 25.8 Å². The maximum Gasteiger partial charge on any atom is 0.164 e. The SMILES string of the molecule is CN(C)C[C@@H](O)c1cc2n(n1)CCCN(c1ccncc1F)C2. The number of aryl methyl sites for hydroxylation is 1. The monoisotopic (exact) mass is 319 g/mol. The molecule has 0 bridgehead atoms. The summed E-state index contributed by atoms with van der Waals surface area (Å²) < 4.78 is 15.9. The third kappa shape index (κ3) is 3.51. The van der Waals surface area contributed by atoms with Gasteiger partial charge in [0.15, 0.2) is 5.82 Å². The second kappa shape index (κ2) is 6.64. The molecule has 6 nitrogen and oxygen atoms in total. The van der Waals surface area contributed by atoms with E-state index in [0.717, 1.165) is 25.2 Å². The second-order valence-electron chi connectivity index (χ2n) is 6.16. The average Bonchev–Trinajstić information content (AvgIpc) is 2.80. The van der Waals surface area contributed by atoms with Crippen LogP contribution in [0.1, 0.15) is 23.9 Å². The second-order valence-corrected chi connectivity index (χ2v) is 6.16. The molecule has 0 spiro atoms. The topological polar surface area (TPSA) is 57.4 Å². The lowest BCUT2D eigenvalue weighted by molar-refractivity contribution is 0.133. The van der Waals surface area contributed by atoms with E-state index in [4.69, 9.17) is 0 Å². The number of fused-ring (bicyclic) bond motifs is 1. The van der Waals surface area contributed by atoms with Gasteiger partial charge in [-0.05, 0) is 32.6 Å². The van der Waals surface area contributed by atoms with Crippen LogP contribution in [0.4, 0.5) is 10.1 Å². The fourth-order valence-corrected chi connectivity index (χ4v) is 2.92. The van der Waals surface area contributed by atoms with Crippen LogP contribution < -0.4 is 4.90 Å². The molecule has 2 aromatic heterocycles. The zero-order valence-corrected chi connectivity index (χ0v) is 13.5. The van der Waals surface area contributed by atoms with Gasteiger partial charge in [-0.1, -0.05) is 0 Å². The number of aliphatic hydroxyl groups excluding tert-OH is 1. The van der Waals surface area contributed by atoms with E-state index in [1.807, 2.05) is 34.6 Å². The summed E-state index contributed by atoms with van der Waals surface area (Å²) in [5, 5.41) is 14.8. The number of aliphatic hydroxyl groups is 1. The first kappa shape index (κ1) is 15.9. The average molecular weight is 319 g/mol. The summed E-state index contributed by atoms with van der Waals surface area (Å²) in [4.78, 5) is 7.73. The molecule has 0 unspecified atom stereocenters. The maximum atomic E-state index is 14.0. The van der Waals surface area contributed by atoms with Crippen molar-refractivity contribution < 1.29 is 9.50 Å². The van der Waals surface area contributed by atoms with Crippen LogP contribution in [0, 0.1) is 5.82 Å². The van der Waals surface area contributed by atoms with Crippen LogP contribution in [0.2, 0.25) is 0 Å². The first-order chi connectivity index (χ1) is 11.0. The molecular formula is C16H22FN5O. The van der Waals surface area contributed by atoms with Gasteiger partial charge in [0.25, 0.3) is 0 Å². The van der Waals surface area contributed by atoms with Crippen molar-refractivity contribution in [1.29, 1.82) is 0 Å². The molecule has 0 aromatic carbocycles. The fourth-order valence-electron chi connectivity index (χ4n) is 2.92. The van der Waals surface area contributed by atoms with Crippen molar-refractivity contribution in [3.05, 3.63) is 41.7 Å². The smallest absolute Gasteiger partial charge is 0.164 e. The predicted octanol–water partition coefficient (Wildman–Crippen LogP) is 1.42. The molecule has 3 heterocycles. The molecule has 0 amide bonds. The maximum absolute atomic E-state index is 14.0. The van der Waals surface area contributed by atoms with Crippen molar-refractivity contribution in [2.75, 3.05) is 32.1 Å². The van der Waals surface area contributed by atoms with Crippen LogP contribution in [0.25, 0.3) is 0 Å². The Bertz CT molecular complexity index is 672. The molecule has 0 saturated heterocycles. The van der Waals surface area contributed by atoms with E-state index in [9.17, 15) is 9.50 Å². The number of hydrogen-bond donors (Lipinski definition) is 1. The van der Waals surface area contributed by atoms with Crippen LogP contribution in [0.15, 0.2) is 24.5 Å². The molecule has 0 aliphatic carbocycles. The van der Waals surface area contributed by atoms with Crippen molar-refractivity contribution in [2.24, 2.45) is 0 Å². The highest BCUT2D eigenvalue weighted by Gasteiger charge is 2.21. The summed E-state index contributed by atoms with van der Waals surface area (Å²) in [6.45, 7) is 2.63. The van der Waals surface area contributed by atoms with Gasteiger partial charge in [-0.15, -0.1) is 0 Å². The molecule has 0 saturated carbocycles. The molecule has 23 heavy (non-hydrogen) atoms. The van der Waals surface area contributed by atoms with Crippen LogP contribution in [0.5, 0.6) is 0 Å². The van der Waals surface area contributed by atoms with Crippen LogP contribution in [-0.4, -0.2) is 52.0 Å². The van der Waals surface area contributed by atoms with E-state index in [0.29, 0.717) is 24.5 Å². The summed E-state index contributed by atoms with van der Waals surface area (Å²) in [5.74, 6) is -0.312. The Hall–Kier alpha value is -1.99. The van der Waals surface area contributed by atoms with Gasteiger partial charge in [0.1, 0.15) is 6.10 Å². The van der Waals surface area contributed by atoms with Crippen molar-refractivity contribution in [2.45, 2.75) is 25.6 Å². The molecule has 3 rings (SSSR count). The number of hydrogen-bond acceptors (Lipinski definition) is 5. The standard InChI is InChI=1S/C16H22FN5O/c1-20(2)11-16(23)14-8-12-10-21(6-3-7-22(12)19-14)15-4-5-18-9-13(15)17/h4-5,8-9,16,23H,3,6-7,10-11H2,1-2H3/t16-/m1/s1. The third-order valence-electron chi connectivity index (χ3n) is 4.00. The summed E-state index contributed by atoms with van der Waals surface area (Å²) in [5.41, 5.74) is 2.22. The van der Waals surface area contributed by atoms with E-state index in [-0.39, 0.29) is 5.82 Å². The molecule has 1 N–H and O–H groups in total. The van der Waals surface area contributed by atoms with Gasteiger partial charge >= 0.3 is 0 Å². The minimum Gasteiger partial charge on any atom is -0.385 e. The number of nitrogens with zero attached hydrogens (tertiary/aromatic N) is 5. The summed E-state index contributed by atoms with van der Waals surface area (Å²) >= 11 is 0. The van der Waals surface area contributed by atoms with Crippen molar-refractivity contribution >= 4 is 5.69 Å². The molecule has 2 aromatic rings. The van der Waals surface area contributed by atoms with Gasteiger partial charge in [-0.25, -0.2) is 4.39 Å². The van der Waals surface area contributed by atoms with Crippen LogP contribution in [-0.2, 0) is 13.1 Å². The van der Waals surface area contributed by atoms with Gasteiger partial charge in [0.05, 0.1) is 29.8 Å². The van der Waals surface area contributed by atoms with E-state index in [1.54, 1.807) is 12.3 Å². The minimum absolute atomic E-state index is 0.312. The van der Waals surface area contributed by atoms with E-state index < -0.39 is 6.10 Å². The van der Waals surface area contributed by atoms with E-state index in [2.05, 4.69) is 10.1 Å². The predicted molar refractivity (Wildman–Crippen MR) is 85.6 cm³/mol.